The Morgan fingerprint density at radius 1 is 1.20 bits per heavy atom. The standard InChI is InChI=1S/C18H18F3N3O/c19-18(20,21)17-14-5-1-2-6-15(14)24(23-17)13-10-8-12(9-11-13)4-3-7-16(22)25/h3,7-11H,1-2,4-6H2,(H2,22,25). The summed E-state index contributed by atoms with van der Waals surface area (Å²) in [6.07, 6.45) is 1.66. The van der Waals surface area contributed by atoms with Crippen LogP contribution in [0.2, 0.25) is 0 Å². The van der Waals surface area contributed by atoms with Gasteiger partial charge in [-0.1, -0.05) is 18.2 Å². The molecule has 7 heteroatoms. The maximum absolute atomic E-state index is 13.3. The van der Waals surface area contributed by atoms with Crippen LogP contribution < -0.4 is 5.73 Å². The zero-order valence-electron chi connectivity index (χ0n) is 13.5. The molecule has 25 heavy (non-hydrogen) atoms. The minimum atomic E-state index is -4.44. The lowest BCUT2D eigenvalue weighted by molar-refractivity contribution is -0.142. The molecule has 132 valence electrons. The molecule has 0 fully saturated rings. The number of nitrogens with two attached hydrogens (primary N) is 1. The number of halogens is 3. The molecule has 3 rings (SSSR count). The molecular formula is C18H18F3N3O. The van der Waals surface area contributed by atoms with E-state index in [1.807, 2.05) is 12.1 Å². The number of benzene rings is 1. The Hall–Kier alpha value is -2.57. The maximum atomic E-state index is 13.3. The van der Waals surface area contributed by atoms with Crippen LogP contribution in [0.5, 0.6) is 0 Å². The summed E-state index contributed by atoms with van der Waals surface area (Å²) in [5, 5.41) is 3.86. The minimum absolute atomic E-state index is 0.326. The van der Waals surface area contributed by atoms with Crippen molar-refractivity contribution >= 4 is 5.91 Å². The van der Waals surface area contributed by atoms with Crippen molar-refractivity contribution in [2.75, 3.05) is 0 Å². The van der Waals surface area contributed by atoms with E-state index in [9.17, 15) is 18.0 Å². The van der Waals surface area contributed by atoms with Crippen molar-refractivity contribution in [1.29, 1.82) is 0 Å². The summed E-state index contributed by atoms with van der Waals surface area (Å²) in [7, 11) is 0. The van der Waals surface area contributed by atoms with Crippen LogP contribution in [0, 0.1) is 0 Å². The number of carbonyl (C=O) groups excluding carboxylic acids is 1. The molecular weight excluding hydrogens is 331 g/mol. The van der Waals surface area contributed by atoms with Crippen molar-refractivity contribution in [2.24, 2.45) is 5.73 Å². The number of aromatic nitrogens is 2. The minimum Gasteiger partial charge on any atom is -0.366 e. The van der Waals surface area contributed by atoms with E-state index < -0.39 is 17.8 Å². The highest BCUT2D eigenvalue weighted by Crippen LogP contribution is 2.36. The molecule has 0 bridgehead atoms. The van der Waals surface area contributed by atoms with E-state index in [4.69, 9.17) is 5.73 Å². The maximum Gasteiger partial charge on any atom is 0.435 e. The molecule has 1 aliphatic carbocycles. The summed E-state index contributed by atoms with van der Waals surface area (Å²) in [6.45, 7) is 0. The van der Waals surface area contributed by atoms with E-state index in [0.29, 0.717) is 36.2 Å². The zero-order valence-corrected chi connectivity index (χ0v) is 13.5. The normalized spacial score (nSPS) is 14.7. The Morgan fingerprint density at radius 2 is 1.88 bits per heavy atom. The van der Waals surface area contributed by atoms with Gasteiger partial charge >= 0.3 is 6.18 Å². The number of rotatable bonds is 4. The Labute approximate surface area is 143 Å². The van der Waals surface area contributed by atoms with E-state index in [0.717, 1.165) is 18.4 Å². The summed E-state index contributed by atoms with van der Waals surface area (Å²) in [4.78, 5) is 10.7. The first-order valence-electron chi connectivity index (χ1n) is 8.09. The summed E-state index contributed by atoms with van der Waals surface area (Å²) in [5.74, 6) is -0.514. The van der Waals surface area contributed by atoms with E-state index in [1.54, 1.807) is 18.2 Å². The lowest BCUT2D eigenvalue weighted by atomic mass is 9.95. The molecule has 1 aromatic carbocycles. The summed E-state index contributed by atoms with van der Waals surface area (Å²) < 4.78 is 41.2. The van der Waals surface area contributed by atoms with Crippen LogP contribution in [0.3, 0.4) is 0 Å². The Balaban J connectivity index is 1.91. The van der Waals surface area contributed by atoms with E-state index in [-0.39, 0.29) is 0 Å². The van der Waals surface area contributed by atoms with Crippen molar-refractivity contribution in [1.82, 2.24) is 9.78 Å². The van der Waals surface area contributed by atoms with Crippen molar-refractivity contribution in [3.05, 3.63) is 58.9 Å². The lowest BCUT2D eigenvalue weighted by Gasteiger charge is -2.14. The summed E-state index contributed by atoms with van der Waals surface area (Å²) in [5.41, 5.74) is 6.78. The highest BCUT2D eigenvalue weighted by atomic mass is 19.4. The fourth-order valence-corrected chi connectivity index (χ4v) is 3.12. The SMILES string of the molecule is NC(=O)C=CCc1ccc(-n2nc(C(F)(F)F)c3c2CCCC3)cc1. The predicted molar refractivity (Wildman–Crippen MR) is 87.2 cm³/mol. The fraction of sp³-hybridized carbons (Fsp3) is 0.333. The monoisotopic (exact) mass is 349 g/mol. The highest BCUT2D eigenvalue weighted by molar-refractivity contribution is 5.85. The number of alkyl halides is 3. The molecule has 1 aliphatic rings. The first-order valence-corrected chi connectivity index (χ1v) is 8.09. The quantitative estimate of drug-likeness (QED) is 0.861. The van der Waals surface area contributed by atoms with Gasteiger partial charge in [0.05, 0.1) is 5.69 Å². The third-order valence-electron chi connectivity index (χ3n) is 4.27. The van der Waals surface area contributed by atoms with E-state index in [1.165, 1.54) is 10.8 Å². The molecule has 4 nitrogen and oxygen atoms in total. The number of allylic oxidation sites excluding steroid dienone is 1. The third kappa shape index (κ3) is 3.75. The van der Waals surface area contributed by atoms with Gasteiger partial charge in [0.25, 0.3) is 0 Å². The van der Waals surface area contributed by atoms with Crippen LogP contribution in [-0.4, -0.2) is 15.7 Å². The van der Waals surface area contributed by atoms with Crippen LogP contribution in [-0.2, 0) is 30.2 Å². The van der Waals surface area contributed by atoms with Gasteiger partial charge in [0.1, 0.15) is 0 Å². The van der Waals surface area contributed by atoms with Gasteiger partial charge in [0.2, 0.25) is 5.91 Å². The molecule has 0 saturated heterocycles. The molecule has 0 radical (unpaired) electrons. The Morgan fingerprint density at radius 3 is 2.52 bits per heavy atom. The molecule has 0 saturated carbocycles. The predicted octanol–water partition coefficient (Wildman–Crippen LogP) is 3.35. The van der Waals surface area contributed by atoms with Crippen LogP contribution in [0.4, 0.5) is 13.2 Å². The number of nitrogens with zero attached hydrogens (tertiary/aromatic N) is 2. The van der Waals surface area contributed by atoms with Crippen molar-refractivity contribution in [2.45, 2.75) is 38.3 Å². The molecule has 0 spiro atoms. The van der Waals surface area contributed by atoms with Gasteiger partial charge in [-0.15, -0.1) is 0 Å². The second-order valence-electron chi connectivity index (χ2n) is 6.07. The smallest absolute Gasteiger partial charge is 0.366 e. The number of carbonyl (C=O) groups is 1. The topological polar surface area (TPSA) is 60.9 Å². The van der Waals surface area contributed by atoms with Crippen LogP contribution >= 0.6 is 0 Å². The second-order valence-corrected chi connectivity index (χ2v) is 6.07. The van der Waals surface area contributed by atoms with E-state index >= 15 is 0 Å². The first kappa shape index (κ1) is 17.3. The fourth-order valence-electron chi connectivity index (χ4n) is 3.12. The van der Waals surface area contributed by atoms with E-state index in [2.05, 4.69) is 5.10 Å². The van der Waals surface area contributed by atoms with Crippen molar-refractivity contribution in [3.8, 4) is 5.69 Å². The van der Waals surface area contributed by atoms with Gasteiger partial charge in [0.15, 0.2) is 5.69 Å². The number of amides is 1. The van der Waals surface area contributed by atoms with Crippen molar-refractivity contribution in [3.63, 3.8) is 0 Å². The van der Waals surface area contributed by atoms with Gasteiger partial charge in [-0.3, -0.25) is 4.79 Å². The lowest BCUT2D eigenvalue weighted by Crippen LogP contribution is -2.11. The first-order chi connectivity index (χ1) is 11.9. The summed E-state index contributed by atoms with van der Waals surface area (Å²) in [6, 6.07) is 7.11. The van der Waals surface area contributed by atoms with Crippen LogP contribution in [0.15, 0.2) is 36.4 Å². The molecule has 1 amide bonds. The average Bonchev–Trinajstić information content (AvgIpc) is 2.95. The van der Waals surface area contributed by atoms with Gasteiger partial charge in [-0.05, 0) is 55.9 Å². The number of hydrogen-bond donors (Lipinski definition) is 1. The number of hydrogen-bond acceptors (Lipinski definition) is 2. The molecule has 2 N–H and O–H groups in total. The third-order valence-corrected chi connectivity index (χ3v) is 4.27. The Bertz CT molecular complexity index is 804. The van der Waals surface area contributed by atoms with Gasteiger partial charge in [0, 0.05) is 11.3 Å². The van der Waals surface area contributed by atoms with Crippen molar-refractivity contribution < 1.29 is 18.0 Å². The molecule has 2 aromatic rings. The number of fused-ring (bicyclic) bond motifs is 1. The van der Waals surface area contributed by atoms with Gasteiger partial charge in [-0.2, -0.15) is 18.3 Å². The molecule has 1 aromatic heterocycles. The highest BCUT2D eigenvalue weighted by Gasteiger charge is 2.39. The molecule has 0 aliphatic heterocycles. The summed E-state index contributed by atoms with van der Waals surface area (Å²) >= 11 is 0. The van der Waals surface area contributed by atoms with Crippen LogP contribution in [0.25, 0.3) is 5.69 Å². The molecule has 0 atom stereocenters. The van der Waals surface area contributed by atoms with Crippen LogP contribution in [0.1, 0.15) is 35.4 Å². The second kappa shape index (κ2) is 6.74. The largest absolute Gasteiger partial charge is 0.435 e. The average molecular weight is 349 g/mol. The Kier molecular flexibility index (Phi) is 4.65. The van der Waals surface area contributed by atoms with Gasteiger partial charge < -0.3 is 5.73 Å². The number of primary amides is 1. The zero-order chi connectivity index (χ0) is 18.0. The molecule has 0 unspecified atom stereocenters. The molecule has 1 heterocycles. The van der Waals surface area contributed by atoms with Gasteiger partial charge in [-0.25, -0.2) is 4.68 Å².